The quantitative estimate of drug-likeness (QED) is 0.248. The second-order valence-electron chi connectivity index (χ2n) is 10.2. The minimum Gasteiger partial charge on any atom is -0.459 e. The molecule has 8 nitrogen and oxygen atoms in total. The molecule has 0 aromatic carbocycles. The first-order valence-corrected chi connectivity index (χ1v) is 12.1. The predicted octanol–water partition coefficient (Wildman–Crippen LogP) is 3.98. The molecule has 2 aliphatic carbocycles. The van der Waals surface area contributed by atoms with Crippen molar-refractivity contribution in [2.45, 2.75) is 91.6 Å². The number of rotatable bonds is 5. The molecular formula is C27H36O8. The Kier molecular flexibility index (Phi) is 7.34. The number of esters is 4. The van der Waals surface area contributed by atoms with Crippen molar-refractivity contribution in [2.24, 2.45) is 17.8 Å². The molecule has 1 aliphatic heterocycles. The molecule has 3 aliphatic rings. The van der Waals surface area contributed by atoms with E-state index in [-0.39, 0.29) is 18.3 Å². The van der Waals surface area contributed by atoms with Crippen molar-refractivity contribution in [2.75, 3.05) is 0 Å². The van der Waals surface area contributed by atoms with Crippen LogP contribution < -0.4 is 0 Å². The van der Waals surface area contributed by atoms with E-state index in [1.165, 1.54) is 13.8 Å². The van der Waals surface area contributed by atoms with E-state index in [0.29, 0.717) is 17.6 Å². The Bertz CT molecular complexity index is 1020. The van der Waals surface area contributed by atoms with Crippen LogP contribution in [0.3, 0.4) is 0 Å². The largest absolute Gasteiger partial charge is 0.459 e. The van der Waals surface area contributed by atoms with Gasteiger partial charge >= 0.3 is 23.9 Å². The molecule has 8 heteroatoms. The standard InChI is InChI=1S/C27H36O8/c1-9-14(3)23(29)32-19-13-26(7,34-17(6)28)18-12-11-16(5)20(18)22-21(19)27(8,25(31)33-22)35-24(30)15(4)10-2/h9-11,18-22H,12-13H2,1-8H3. The summed E-state index contributed by atoms with van der Waals surface area (Å²) < 4.78 is 23.6. The fourth-order valence-electron chi connectivity index (χ4n) is 5.74. The number of carbonyl (C=O) groups excluding carboxylic acids is 4. The molecule has 0 aromatic heterocycles. The molecule has 0 radical (unpaired) electrons. The minimum absolute atomic E-state index is 0.130. The summed E-state index contributed by atoms with van der Waals surface area (Å²) in [5.41, 5.74) is -0.970. The third-order valence-electron chi connectivity index (χ3n) is 7.89. The van der Waals surface area contributed by atoms with E-state index >= 15 is 0 Å². The lowest BCUT2D eigenvalue weighted by atomic mass is 9.75. The topological polar surface area (TPSA) is 105 Å². The van der Waals surface area contributed by atoms with Crippen LogP contribution in [0, 0.1) is 17.8 Å². The lowest BCUT2D eigenvalue weighted by molar-refractivity contribution is -0.181. The Hall–Kier alpha value is -2.90. The minimum atomic E-state index is -1.70. The molecule has 0 N–H and O–H groups in total. The monoisotopic (exact) mass is 488 g/mol. The summed E-state index contributed by atoms with van der Waals surface area (Å²) in [5, 5.41) is 0. The van der Waals surface area contributed by atoms with E-state index < -0.39 is 53.2 Å². The number of ether oxygens (including phenoxy) is 4. The normalized spacial score (nSPS) is 36.9. The van der Waals surface area contributed by atoms with Gasteiger partial charge in [0.1, 0.15) is 17.8 Å². The fraction of sp³-hybridized carbons (Fsp3) is 0.630. The lowest BCUT2D eigenvalue weighted by Gasteiger charge is -2.38. The number of allylic oxidation sites excluding steroid dienone is 3. The molecule has 0 bridgehead atoms. The van der Waals surface area contributed by atoms with E-state index in [2.05, 4.69) is 6.08 Å². The van der Waals surface area contributed by atoms with Gasteiger partial charge in [-0.3, -0.25) is 4.79 Å². The van der Waals surface area contributed by atoms with Gasteiger partial charge in [-0.25, -0.2) is 14.4 Å². The molecule has 0 spiro atoms. The fourth-order valence-corrected chi connectivity index (χ4v) is 5.74. The maximum atomic E-state index is 13.3. The van der Waals surface area contributed by atoms with Gasteiger partial charge in [-0.05, 0) is 54.9 Å². The summed E-state index contributed by atoms with van der Waals surface area (Å²) in [7, 11) is 0. The van der Waals surface area contributed by atoms with Crippen molar-refractivity contribution in [3.05, 3.63) is 34.9 Å². The molecule has 0 aromatic rings. The van der Waals surface area contributed by atoms with Crippen molar-refractivity contribution in [1.29, 1.82) is 0 Å². The van der Waals surface area contributed by atoms with Crippen LogP contribution in [0.25, 0.3) is 0 Å². The van der Waals surface area contributed by atoms with Gasteiger partial charge in [-0.15, -0.1) is 0 Å². The Balaban J connectivity index is 2.16. The van der Waals surface area contributed by atoms with Crippen LogP contribution >= 0.6 is 0 Å². The van der Waals surface area contributed by atoms with E-state index in [9.17, 15) is 19.2 Å². The zero-order valence-corrected chi connectivity index (χ0v) is 21.8. The van der Waals surface area contributed by atoms with E-state index in [1.807, 2.05) is 13.8 Å². The molecule has 7 unspecified atom stereocenters. The third kappa shape index (κ3) is 4.67. The number of fused-ring (bicyclic) bond motifs is 3. The molecule has 192 valence electrons. The average molecular weight is 489 g/mol. The molecular weight excluding hydrogens is 452 g/mol. The Morgan fingerprint density at radius 1 is 1.03 bits per heavy atom. The molecule has 1 heterocycles. The molecule has 1 saturated carbocycles. The Morgan fingerprint density at radius 3 is 2.20 bits per heavy atom. The van der Waals surface area contributed by atoms with Crippen LogP contribution in [0.1, 0.15) is 68.2 Å². The van der Waals surface area contributed by atoms with Crippen molar-refractivity contribution < 1.29 is 38.1 Å². The van der Waals surface area contributed by atoms with Gasteiger partial charge in [-0.2, -0.15) is 0 Å². The number of carbonyl (C=O) groups is 4. The van der Waals surface area contributed by atoms with Crippen molar-refractivity contribution in [1.82, 2.24) is 0 Å². The highest BCUT2D eigenvalue weighted by Crippen LogP contribution is 2.56. The van der Waals surface area contributed by atoms with Crippen LogP contribution in [0.5, 0.6) is 0 Å². The summed E-state index contributed by atoms with van der Waals surface area (Å²) in [5.74, 6) is -3.63. The molecule has 7 atom stereocenters. The lowest BCUT2D eigenvalue weighted by Crippen LogP contribution is -2.51. The highest BCUT2D eigenvalue weighted by molar-refractivity contribution is 5.92. The highest BCUT2D eigenvalue weighted by Gasteiger charge is 2.68. The van der Waals surface area contributed by atoms with Crippen LogP contribution in [0.4, 0.5) is 0 Å². The first kappa shape index (κ1) is 26.7. The van der Waals surface area contributed by atoms with Gasteiger partial charge in [0, 0.05) is 36.3 Å². The van der Waals surface area contributed by atoms with Crippen LogP contribution in [0.2, 0.25) is 0 Å². The molecule has 35 heavy (non-hydrogen) atoms. The molecule has 1 saturated heterocycles. The van der Waals surface area contributed by atoms with Crippen LogP contribution in [-0.4, -0.2) is 47.3 Å². The smallest absolute Gasteiger partial charge is 0.351 e. The SMILES string of the molecule is CC=C(C)C(=O)OC1CC(C)(OC(C)=O)C2CC=C(C)C2C2OC(=O)C(C)(OC(=O)C(C)=CC)C12. The molecule has 3 rings (SSSR count). The van der Waals surface area contributed by atoms with E-state index in [1.54, 1.807) is 39.8 Å². The summed E-state index contributed by atoms with van der Waals surface area (Å²) in [4.78, 5) is 51.1. The summed E-state index contributed by atoms with van der Waals surface area (Å²) in [6.07, 6.45) is 4.39. The van der Waals surface area contributed by atoms with Crippen molar-refractivity contribution in [3.63, 3.8) is 0 Å². The van der Waals surface area contributed by atoms with Gasteiger partial charge < -0.3 is 18.9 Å². The Labute approximate surface area is 206 Å². The second kappa shape index (κ2) is 9.63. The molecule has 0 amide bonds. The average Bonchev–Trinajstić information content (AvgIpc) is 3.25. The maximum Gasteiger partial charge on any atom is 0.351 e. The van der Waals surface area contributed by atoms with Crippen LogP contribution in [0.15, 0.2) is 34.9 Å². The number of hydrogen-bond donors (Lipinski definition) is 0. The van der Waals surface area contributed by atoms with Crippen molar-refractivity contribution in [3.8, 4) is 0 Å². The zero-order valence-electron chi connectivity index (χ0n) is 21.8. The van der Waals surface area contributed by atoms with Gasteiger partial charge in [-0.1, -0.05) is 23.8 Å². The first-order valence-electron chi connectivity index (χ1n) is 12.1. The highest BCUT2D eigenvalue weighted by atomic mass is 16.6. The first-order chi connectivity index (χ1) is 16.3. The Morgan fingerprint density at radius 2 is 1.63 bits per heavy atom. The van der Waals surface area contributed by atoms with Gasteiger partial charge in [0.05, 0.1) is 5.92 Å². The predicted molar refractivity (Wildman–Crippen MR) is 127 cm³/mol. The van der Waals surface area contributed by atoms with Gasteiger partial charge in [0.2, 0.25) is 5.60 Å². The maximum absolute atomic E-state index is 13.3. The number of hydrogen-bond acceptors (Lipinski definition) is 8. The van der Waals surface area contributed by atoms with Gasteiger partial charge in [0.15, 0.2) is 0 Å². The second-order valence-corrected chi connectivity index (χ2v) is 10.2. The summed E-state index contributed by atoms with van der Waals surface area (Å²) in [6.45, 7) is 13.3. The van der Waals surface area contributed by atoms with E-state index in [4.69, 9.17) is 18.9 Å². The van der Waals surface area contributed by atoms with Crippen LogP contribution in [-0.2, 0) is 38.1 Å². The third-order valence-corrected chi connectivity index (χ3v) is 7.89. The summed E-state index contributed by atoms with van der Waals surface area (Å²) in [6, 6.07) is 0. The zero-order chi connectivity index (χ0) is 26.3. The van der Waals surface area contributed by atoms with E-state index in [0.717, 1.165) is 5.57 Å². The van der Waals surface area contributed by atoms with Crippen molar-refractivity contribution >= 4 is 23.9 Å². The summed E-state index contributed by atoms with van der Waals surface area (Å²) >= 11 is 0. The molecule has 2 fully saturated rings. The van der Waals surface area contributed by atoms with Gasteiger partial charge in [0.25, 0.3) is 0 Å².